The average Bonchev–Trinajstić information content (AvgIpc) is 3.00. The van der Waals surface area contributed by atoms with Crippen LogP contribution in [0.2, 0.25) is 0 Å². The van der Waals surface area contributed by atoms with E-state index in [1.807, 2.05) is 36.4 Å². The van der Waals surface area contributed by atoms with Crippen LogP contribution in [0, 0.1) is 0 Å². The number of carbonyl (C=O) groups is 4. The number of benzene rings is 1. The molecule has 0 unspecified atom stereocenters. The number of hydrogen-bond acceptors (Lipinski definition) is 8. The molecular weight excluding hydrogens is 645 g/mol. The number of aliphatic hydroxyl groups is 1. The first-order valence-corrected chi connectivity index (χ1v) is 15.6. The lowest BCUT2D eigenvalue weighted by molar-refractivity contribution is -0.152. The number of aromatic nitrogens is 1. The van der Waals surface area contributed by atoms with Gasteiger partial charge in [-0.05, 0) is 68.9 Å². The molecule has 2 aromatic rings. The van der Waals surface area contributed by atoms with Gasteiger partial charge in [-0.15, -0.1) is 0 Å². The number of hydrazine groups is 1. The first kappa shape index (κ1) is 36.3. The van der Waals surface area contributed by atoms with Crippen LogP contribution in [0.4, 0.5) is 0 Å². The maximum absolute atomic E-state index is 13.1. The summed E-state index contributed by atoms with van der Waals surface area (Å²) < 4.78 is 3.25. The van der Waals surface area contributed by atoms with E-state index in [0.29, 0.717) is 31.4 Å². The lowest BCUT2D eigenvalue weighted by Gasteiger charge is -2.34. The molecule has 1 aliphatic rings. The number of hydrogen-bond donors (Lipinski definition) is 4. The average molecular weight is 683 g/mol. The smallest absolute Gasteiger partial charge is 0.325 e. The molecule has 11 nitrogen and oxygen atoms in total. The van der Waals surface area contributed by atoms with Gasteiger partial charge in [-0.1, -0.05) is 65.6 Å². The molecule has 1 aromatic carbocycles. The van der Waals surface area contributed by atoms with Crippen molar-refractivity contribution in [1.82, 2.24) is 26.1 Å². The van der Waals surface area contributed by atoms with E-state index in [-0.39, 0.29) is 12.3 Å². The number of alkyl halides is 3. The van der Waals surface area contributed by atoms with E-state index in [0.717, 1.165) is 22.4 Å². The Bertz CT molecular complexity index is 1380. The fourth-order valence-corrected chi connectivity index (χ4v) is 4.73. The van der Waals surface area contributed by atoms with E-state index in [4.69, 9.17) is 39.5 Å². The molecule has 4 N–H and O–H groups in total. The van der Waals surface area contributed by atoms with Crippen LogP contribution in [0.25, 0.3) is 11.3 Å². The third-order valence-corrected chi connectivity index (χ3v) is 7.36. The van der Waals surface area contributed by atoms with E-state index in [1.54, 1.807) is 20.0 Å². The zero-order valence-corrected chi connectivity index (χ0v) is 27.6. The Morgan fingerprint density at radius 3 is 2.53 bits per heavy atom. The number of aryl methyl sites for hydroxylation is 1. The SMILES string of the molecule is C=C(C)[C@H](NC(=O)CCc1ccc(-c2cccc([C@@H](C)O)c2)nc1)C(=O)N[C@@H](C)C(=O)N1CCC[C@@H](C(=O)OCC(Cl)(Cl)Cl)N1. The minimum Gasteiger partial charge on any atom is -0.460 e. The molecule has 4 atom stereocenters. The molecule has 0 aliphatic carbocycles. The number of ether oxygens (including phenoxy) is 1. The standard InChI is InChI=1S/C31H38Cl3N5O6/c1-18(2)27(28(42)36-19(3)29(43)39-14-6-9-25(38-39)30(44)45-17-31(32,33)34)37-26(41)13-11-21-10-12-24(35-16-21)23-8-5-7-22(15-23)20(4)40/h5,7-8,10,12,15-16,19-20,25,27,38,40H,1,6,9,11,13-14,17H2,2-4H3,(H,36,42)(H,37,41)/t19-,20+,25-,27-/m0/s1. The van der Waals surface area contributed by atoms with Crippen molar-refractivity contribution >= 4 is 58.5 Å². The molecule has 14 heteroatoms. The molecule has 0 radical (unpaired) electrons. The topological polar surface area (TPSA) is 150 Å². The van der Waals surface area contributed by atoms with Crippen LogP contribution in [-0.4, -0.2) is 73.9 Å². The Balaban J connectivity index is 1.51. The summed E-state index contributed by atoms with van der Waals surface area (Å²) in [5.41, 5.74) is 6.43. The summed E-state index contributed by atoms with van der Waals surface area (Å²) in [4.78, 5) is 55.7. The van der Waals surface area contributed by atoms with Gasteiger partial charge in [0.15, 0.2) is 0 Å². The zero-order valence-electron chi connectivity index (χ0n) is 25.3. The Morgan fingerprint density at radius 2 is 1.91 bits per heavy atom. The van der Waals surface area contributed by atoms with Gasteiger partial charge in [0.05, 0.1) is 11.8 Å². The number of pyridine rings is 1. The monoisotopic (exact) mass is 681 g/mol. The number of amides is 3. The fourth-order valence-electron chi connectivity index (χ4n) is 4.57. The van der Waals surface area contributed by atoms with E-state index in [2.05, 4.69) is 27.6 Å². The molecule has 244 valence electrons. The summed E-state index contributed by atoms with van der Waals surface area (Å²) in [6.07, 6.45) is 2.50. The summed E-state index contributed by atoms with van der Waals surface area (Å²) in [7, 11) is 0. The number of carbonyl (C=O) groups excluding carboxylic acids is 4. The molecule has 1 aromatic heterocycles. The van der Waals surface area contributed by atoms with Crippen LogP contribution >= 0.6 is 34.8 Å². The van der Waals surface area contributed by atoms with E-state index < -0.39 is 52.4 Å². The third kappa shape index (κ3) is 11.3. The number of nitrogens with one attached hydrogen (secondary N) is 3. The van der Waals surface area contributed by atoms with Crippen molar-refractivity contribution in [3.05, 3.63) is 65.9 Å². The molecule has 45 heavy (non-hydrogen) atoms. The molecule has 1 aliphatic heterocycles. The highest BCUT2D eigenvalue weighted by molar-refractivity contribution is 6.67. The van der Waals surface area contributed by atoms with Gasteiger partial charge in [-0.25, -0.2) is 5.43 Å². The number of nitrogens with zero attached hydrogens (tertiary/aromatic N) is 2. The molecule has 1 saturated heterocycles. The van der Waals surface area contributed by atoms with Crippen molar-refractivity contribution in [1.29, 1.82) is 0 Å². The van der Waals surface area contributed by atoms with Gasteiger partial charge in [0.2, 0.25) is 15.6 Å². The van der Waals surface area contributed by atoms with Gasteiger partial charge >= 0.3 is 5.97 Å². The zero-order chi connectivity index (χ0) is 33.3. The van der Waals surface area contributed by atoms with Gasteiger partial charge in [0.1, 0.15) is 24.7 Å². The third-order valence-electron chi connectivity index (χ3n) is 7.03. The fraction of sp³-hybridized carbons (Fsp3) is 0.452. The molecule has 0 spiro atoms. The van der Waals surface area contributed by atoms with Crippen LogP contribution in [-0.2, 0) is 30.3 Å². The first-order chi connectivity index (χ1) is 21.1. The van der Waals surface area contributed by atoms with E-state index in [9.17, 15) is 24.3 Å². The Morgan fingerprint density at radius 1 is 1.18 bits per heavy atom. The molecule has 2 heterocycles. The summed E-state index contributed by atoms with van der Waals surface area (Å²) in [5, 5.41) is 16.4. The predicted octanol–water partition coefficient (Wildman–Crippen LogP) is 3.71. The quantitative estimate of drug-likeness (QED) is 0.150. The molecule has 0 bridgehead atoms. The number of halogens is 3. The maximum Gasteiger partial charge on any atom is 0.325 e. The summed E-state index contributed by atoms with van der Waals surface area (Å²) in [6, 6.07) is 8.35. The number of rotatable bonds is 12. The number of aliphatic hydroxyl groups excluding tert-OH is 1. The second-order valence-electron chi connectivity index (χ2n) is 11.0. The highest BCUT2D eigenvalue weighted by Crippen LogP contribution is 2.26. The highest BCUT2D eigenvalue weighted by atomic mass is 35.6. The van der Waals surface area contributed by atoms with Gasteiger partial charge in [0, 0.05) is 24.7 Å². The van der Waals surface area contributed by atoms with Crippen LogP contribution in [0.15, 0.2) is 54.7 Å². The normalized spacial score (nSPS) is 17.0. The molecule has 0 saturated carbocycles. The molecule has 3 amide bonds. The van der Waals surface area contributed by atoms with Crippen LogP contribution in [0.5, 0.6) is 0 Å². The maximum atomic E-state index is 13.1. The summed E-state index contributed by atoms with van der Waals surface area (Å²) >= 11 is 16.9. The summed E-state index contributed by atoms with van der Waals surface area (Å²) in [5.74, 6) is -2.13. The predicted molar refractivity (Wildman–Crippen MR) is 172 cm³/mol. The van der Waals surface area contributed by atoms with E-state index in [1.165, 1.54) is 11.9 Å². The van der Waals surface area contributed by atoms with Crippen molar-refractivity contribution in [2.45, 2.75) is 74.5 Å². The second kappa shape index (κ2) is 16.4. The Hall–Kier alpha value is -3.22. The van der Waals surface area contributed by atoms with Crippen molar-refractivity contribution in [3.63, 3.8) is 0 Å². The largest absolute Gasteiger partial charge is 0.460 e. The lowest BCUT2D eigenvalue weighted by Crippen LogP contribution is -2.60. The van der Waals surface area contributed by atoms with Crippen LogP contribution in [0.3, 0.4) is 0 Å². The van der Waals surface area contributed by atoms with Crippen molar-refractivity contribution in [3.8, 4) is 11.3 Å². The Labute approximate surface area is 277 Å². The minimum atomic E-state index is -1.76. The second-order valence-corrected chi connectivity index (χ2v) is 13.5. The summed E-state index contributed by atoms with van der Waals surface area (Å²) in [6.45, 7) is 8.49. The highest BCUT2D eigenvalue weighted by Gasteiger charge is 2.34. The Kier molecular flexibility index (Phi) is 13.2. The van der Waals surface area contributed by atoms with Crippen LogP contribution in [0.1, 0.15) is 57.3 Å². The van der Waals surface area contributed by atoms with Gasteiger partial charge < -0.3 is 20.5 Å². The van der Waals surface area contributed by atoms with Crippen molar-refractivity contribution in [2.24, 2.45) is 0 Å². The minimum absolute atomic E-state index is 0.0948. The van der Waals surface area contributed by atoms with Gasteiger partial charge in [-0.2, -0.15) is 0 Å². The van der Waals surface area contributed by atoms with Crippen molar-refractivity contribution < 1.29 is 29.0 Å². The molecular formula is C31H38Cl3N5O6. The van der Waals surface area contributed by atoms with Crippen molar-refractivity contribution in [2.75, 3.05) is 13.2 Å². The molecule has 3 rings (SSSR count). The van der Waals surface area contributed by atoms with E-state index >= 15 is 0 Å². The van der Waals surface area contributed by atoms with Gasteiger partial charge in [0.25, 0.3) is 5.91 Å². The number of esters is 1. The lowest BCUT2D eigenvalue weighted by atomic mass is 10.0. The first-order valence-electron chi connectivity index (χ1n) is 14.4. The van der Waals surface area contributed by atoms with Gasteiger partial charge in [-0.3, -0.25) is 29.2 Å². The van der Waals surface area contributed by atoms with Crippen LogP contribution < -0.4 is 16.1 Å². The molecule has 1 fully saturated rings.